The number of aliphatic hydroxyl groups excluding tert-OH is 2. The molecule has 0 amide bonds. The van der Waals surface area contributed by atoms with E-state index in [1.54, 1.807) is 6.92 Å². The van der Waals surface area contributed by atoms with Crippen molar-refractivity contribution in [3.05, 3.63) is 31.5 Å². The number of hydrogen-bond donors (Lipinski definition) is 2. The molecule has 8 nitrogen and oxygen atoms in total. The molecule has 1 heterocycles. The molecular formula is C8H13N3O5. The molecule has 0 aliphatic rings. The summed E-state index contributed by atoms with van der Waals surface area (Å²) in [5.41, 5.74) is -2.76. The number of aromatic nitrogens is 3. The summed E-state index contributed by atoms with van der Waals surface area (Å²) in [5.74, 6) is 0. The van der Waals surface area contributed by atoms with E-state index in [0.717, 1.165) is 4.57 Å². The van der Waals surface area contributed by atoms with E-state index < -0.39 is 30.5 Å². The molecule has 90 valence electrons. The molecule has 0 radical (unpaired) electrons. The number of rotatable bonds is 4. The lowest BCUT2D eigenvalue weighted by Crippen LogP contribution is -2.54. The first kappa shape index (κ1) is 12.4. The van der Waals surface area contributed by atoms with Crippen molar-refractivity contribution in [2.75, 3.05) is 0 Å². The summed E-state index contributed by atoms with van der Waals surface area (Å²) >= 11 is 0. The number of nitrogens with zero attached hydrogens (tertiary/aromatic N) is 3. The van der Waals surface area contributed by atoms with E-state index in [2.05, 4.69) is 0 Å². The van der Waals surface area contributed by atoms with Gasteiger partial charge >= 0.3 is 17.1 Å². The van der Waals surface area contributed by atoms with Crippen LogP contribution in [-0.2, 0) is 20.0 Å². The molecule has 0 bridgehead atoms. The van der Waals surface area contributed by atoms with Crippen LogP contribution in [0.25, 0.3) is 0 Å². The second-order valence-corrected chi connectivity index (χ2v) is 3.14. The average Bonchev–Trinajstić information content (AvgIpc) is 2.26. The maximum absolute atomic E-state index is 11.6. The Morgan fingerprint density at radius 2 is 1.25 bits per heavy atom. The lowest BCUT2D eigenvalue weighted by Gasteiger charge is -2.09. The Balaban J connectivity index is 3.71. The van der Waals surface area contributed by atoms with Gasteiger partial charge in [0.2, 0.25) is 0 Å². The minimum absolute atomic E-state index is 0.123. The molecule has 1 aromatic rings. The molecule has 2 N–H and O–H groups in total. The van der Waals surface area contributed by atoms with Crippen LogP contribution in [0.2, 0.25) is 0 Å². The first-order chi connectivity index (χ1) is 7.58. The first-order valence-electron chi connectivity index (χ1n) is 4.74. The fourth-order valence-electron chi connectivity index (χ4n) is 1.34. The molecule has 0 fully saturated rings. The largest absolute Gasteiger partial charge is 0.376 e. The van der Waals surface area contributed by atoms with Crippen molar-refractivity contribution in [3.63, 3.8) is 0 Å². The van der Waals surface area contributed by atoms with E-state index in [1.807, 2.05) is 0 Å². The highest BCUT2D eigenvalue weighted by Gasteiger charge is 2.13. The molecule has 0 aromatic carbocycles. The summed E-state index contributed by atoms with van der Waals surface area (Å²) in [6.45, 7) is 0.213. The molecule has 1 aromatic heterocycles. The molecule has 0 saturated heterocycles. The normalized spacial score (nSPS) is 10.7. The Hall–Kier alpha value is -1.67. The maximum atomic E-state index is 11.6. The van der Waals surface area contributed by atoms with E-state index in [0.29, 0.717) is 15.6 Å². The van der Waals surface area contributed by atoms with Crippen LogP contribution >= 0.6 is 0 Å². The molecule has 0 spiro atoms. The van der Waals surface area contributed by atoms with E-state index in [-0.39, 0.29) is 6.54 Å². The van der Waals surface area contributed by atoms with Crippen LogP contribution in [0.1, 0.15) is 13.3 Å². The van der Waals surface area contributed by atoms with Gasteiger partial charge in [0.25, 0.3) is 0 Å². The van der Waals surface area contributed by atoms with Gasteiger partial charge < -0.3 is 10.2 Å². The number of hydrogen-bond acceptors (Lipinski definition) is 5. The van der Waals surface area contributed by atoms with E-state index in [4.69, 9.17) is 10.2 Å². The van der Waals surface area contributed by atoms with Gasteiger partial charge in [-0.25, -0.2) is 28.1 Å². The van der Waals surface area contributed by atoms with Crippen LogP contribution in [0, 0.1) is 0 Å². The van der Waals surface area contributed by atoms with Gasteiger partial charge in [0.15, 0.2) is 0 Å². The molecule has 1 rings (SSSR count). The second kappa shape index (κ2) is 4.90. The van der Waals surface area contributed by atoms with Gasteiger partial charge in [-0.05, 0) is 6.42 Å². The third-order valence-electron chi connectivity index (χ3n) is 2.12. The van der Waals surface area contributed by atoms with Gasteiger partial charge in [-0.15, -0.1) is 0 Å². The van der Waals surface area contributed by atoms with Crippen LogP contribution in [0.3, 0.4) is 0 Å². The monoisotopic (exact) mass is 231 g/mol. The van der Waals surface area contributed by atoms with Crippen molar-refractivity contribution in [3.8, 4) is 0 Å². The minimum Gasteiger partial charge on any atom is -0.376 e. The van der Waals surface area contributed by atoms with Gasteiger partial charge in [0, 0.05) is 6.54 Å². The number of aliphatic hydroxyl groups is 2. The van der Waals surface area contributed by atoms with Gasteiger partial charge in [-0.1, -0.05) is 6.92 Å². The summed E-state index contributed by atoms with van der Waals surface area (Å²) in [6, 6.07) is 0. The van der Waals surface area contributed by atoms with Gasteiger partial charge in [-0.2, -0.15) is 0 Å². The van der Waals surface area contributed by atoms with Crippen LogP contribution in [-0.4, -0.2) is 23.9 Å². The lowest BCUT2D eigenvalue weighted by molar-refractivity contribution is 0.161. The summed E-state index contributed by atoms with van der Waals surface area (Å²) in [6.07, 6.45) is 0.518. The third-order valence-corrected chi connectivity index (χ3v) is 2.12. The Morgan fingerprint density at radius 1 is 0.875 bits per heavy atom. The fraction of sp³-hybridized carbons (Fsp3) is 0.625. The second-order valence-electron chi connectivity index (χ2n) is 3.14. The lowest BCUT2D eigenvalue weighted by atomic mass is 10.5. The van der Waals surface area contributed by atoms with Crippen molar-refractivity contribution in [1.29, 1.82) is 0 Å². The van der Waals surface area contributed by atoms with Crippen molar-refractivity contribution >= 4 is 0 Å². The van der Waals surface area contributed by atoms with Crippen LogP contribution in [0.5, 0.6) is 0 Å². The van der Waals surface area contributed by atoms with Crippen molar-refractivity contribution in [2.45, 2.75) is 33.4 Å². The fourth-order valence-corrected chi connectivity index (χ4v) is 1.34. The summed E-state index contributed by atoms with van der Waals surface area (Å²) in [5, 5.41) is 17.7. The molecule has 0 atom stereocenters. The topological polar surface area (TPSA) is 106 Å². The summed E-state index contributed by atoms with van der Waals surface area (Å²) in [7, 11) is 0. The molecule has 8 heteroatoms. The molecular weight excluding hydrogens is 218 g/mol. The van der Waals surface area contributed by atoms with Crippen molar-refractivity contribution < 1.29 is 10.2 Å². The SMILES string of the molecule is CCCn1c(=O)n(CO)c(=O)n(CO)c1=O. The van der Waals surface area contributed by atoms with Crippen molar-refractivity contribution in [2.24, 2.45) is 0 Å². The molecule has 0 aliphatic heterocycles. The molecule has 0 unspecified atom stereocenters. The first-order valence-corrected chi connectivity index (χ1v) is 4.74. The Bertz CT molecular complexity index is 496. The Kier molecular flexibility index (Phi) is 3.80. The van der Waals surface area contributed by atoms with Gasteiger partial charge in [0.1, 0.15) is 13.5 Å². The van der Waals surface area contributed by atoms with Gasteiger partial charge in [-0.3, -0.25) is 0 Å². The highest BCUT2D eigenvalue weighted by atomic mass is 16.3. The van der Waals surface area contributed by atoms with E-state index in [9.17, 15) is 14.4 Å². The van der Waals surface area contributed by atoms with Crippen LogP contribution < -0.4 is 17.1 Å². The molecule has 0 aliphatic carbocycles. The highest BCUT2D eigenvalue weighted by molar-refractivity contribution is 4.77. The smallest absolute Gasteiger partial charge is 0.340 e. The summed E-state index contributed by atoms with van der Waals surface area (Å²) < 4.78 is 1.76. The minimum atomic E-state index is -1.02. The summed E-state index contributed by atoms with van der Waals surface area (Å²) in [4.78, 5) is 34.6. The zero-order valence-electron chi connectivity index (χ0n) is 8.79. The Morgan fingerprint density at radius 3 is 1.56 bits per heavy atom. The van der Waals surface area contributed by atoms with E-state index >= 15 is 0 Å². The average molecular weight is 231 g/mol. The third kappa shape index (κ3) is 1.84. The predicted molar refractivity (Wildman–Crippen MR) is 54.0 cm³/mol. The van der Waals surface area contributed by atoms with Gasteiger partial charge in [0.05, 0.1) is 0 Å². The quantitative estimate of drug-likeness (QED) is 0.594. The van der Waals surface area contributed by atoms with Crippen LogP contribution in [0.4, 0.5) is 0 Å². The van der Waals surface area contributed by atoms with E-state index in [1.165, 1.54) is 0 Å². The maximum Gasteiger partial charge on any atom is 0.340 e. The molecule has 16 heavy (non-hydrogen) atoms. The zero-order valence-corrected chi connectivity index (χ0v) is 8.79. The molecule has 0 saturated carbocycles. The van der Waals surface area contributed by atoms with Crippen LogP contribution in [0.15, 0.2) is 14.4 Å². The highest BCUT2D eigenvalue weighted by Crippen LogP contribution is 1.79. The van der Waals surface area contributed by atoms with Crippen molar-refractivity contribution in [1.82, 2.24) is 13.7 Å². The Labute approximate surface area is 89.6 Å². The zero-order chi connectivity index (χ0) is 12.3. The standard InChI is InChI=1S/C8H13N3O5/c1-2-3-9-6(14)10(4-12)8(16)11(5-13)7(9)15/h12-13H,2-5H2,1H3. The predicted octanol–water partition coefficient (Wildman–Crippen LogP) is -2.52.